The van der Waals surface area contributed by atoms with Crippen molar-refractivity contribution in [1.82, 2.24) is 0 Å². The summed E-state index contributed by atoms with van der Waals surface area (Å²) in [6.45, 7) is 0. The van der Waals surface area contributed by atoms with Crippen LogP contribution in [0.25, 0.3) is 0 Å². The number of rotatable bonds is 4. The maximum absolute atomic E-state index is 12.5. The second-order valence-electron chi connectivity index (χ2n) is 1.79. The van der Waals surface area contributed by atoms with E-state index >= 15 is 0 Å². The van der Waals surface area contributed by atoms with Gasteiger partial charge in [-0.05, 0) is 0 Å². The van der Waals surface area contributed by atoms with Crippen molar-refractivity contribution in [2.75, 3.05) is 5.75 Å². The Hall–Kier alpha value is 0.0300. The molecular weight excluding hydrogens is 228 g/mol. The van der Waals surface area contributed by atoms with E-state index < -0.39 is 21.7 Å². The molecule has 0 aromatic heterocycles. The second kappa shape index (κ2) is 5.64. The molecule has 0 spiro atoms. The van der Waals surface area contributed by atoms with E-state index in [9.17, 15) is 9.18 Å². The lowest BCUT2D eigenvalue weighted by molar-refractivity contribution is -0.137. The van der Waals surface area contributed by atoms with Crippen molar-refractivity contribution in [1.29, 1.82) is 0 Å². The Morgan fingerprint density at radius 1 is 1.67 bits per heavy atom. The van der Waals surface area contributed by atoms with Gasteiger partial charge in [0, 0.05) is 5.75 Å². The standard InChI is InChI=1S/C5H6Cl2FNO2S/c6-3(7)4(8)12-1-2(9)5(10)11/h2H,1,9H2,(H,10,11)/t2-/m0/s1. The lowest BCUT2D eigenvalue weighted by Crippen LogP contribution is -2.32. The lowest BCUT2D eigenvalue weighted by atomic mass is 10.4. The van der Waals surface area contributed by atoms with Gasteiger partial charge in [-0.1, -0.05) is 35.0 Å². The maximum Gasteiger partial charge on any atom is 0.321 e. The second-order valence-corrected chi connectivity index (χ2v) is 3.72. The van der Waals surface area contributed by atoms with Crippen molar-refractivity contribution in [2.24, 2.45) is 5.73 Å². The van der Waals surface area contributed by atoms with Crippen LogP contribution in [0.5, 0.6) is 0 Å². The molecular formula is C5H6Cl2FNO2S. The molecule has 0 aromatic rings. The SMILES string of the molecule is N[C@@H](CSC(F)=C(Cl)Cl)C(=O)O. The molecule has 0 heterocycles. The third kappa shape index (κ3) is 4.82. The van der Waals surface area contributed by atoms with Crippen LogP contribution in [-0.2, 0) is 4.79 Å². The van der Waals surface area contributed by atoms with Gasteiger partial charge in [-0.25, -0.2) is 0 Å². The minimum atomic E-state index is -1.19. The Labute approximate surface area is 82.7 Å². The van der Waals surface area contributed by atoms with Crippen LogP contribution in [0.15, 0.2) is 9.65 Å². The van der Waals surface area contributed by atoms with Crippen molar-refractivity contribution in [3.63, 3.8) is 0 Å². The Balaban J connectivity index is 3.85. The molecule has 0 saturated heterocycles. The van der Waals surface area contributed by atoms with Crippen LogP contribution >= 0.6 is 35.0 Å². The van der Waals surface area contributed by atoms with E-state index in [1.807, 2.05) is 0 Å². The number of hydrogen-bond donors (Lipinski definition) is 2. The van der Waals surface area contributed by atoms with Gasteiger partial charge >= 0.3 is 5.97 Å². The predicted octanol–water partition coefficient (Wildman–Crippen LogP) is 1.71. The number of nitrogens with two attached hydrogens (primary N) is 1. The molecule has 3 nitrogen and oxygen atoms in total. The first-order valence-corrected chi connectivity index (χ1v) is 4.51. The fourth-order valence-electron chi connectivity index (χ4n) is 0.289. The molecule has 0 aliphatic heterocycles. The summed E-state index contributed by atoms with van der Waals surface area (Å²) >= 11 is 10.7. The van der Waals surface area contributed by atoms with Crippen LogP contribution in [0.1, 0.15) is 0 Å². The third-order valence-electron chi connectivity index (χ3n) is 0.855. The van der Waals surface area contributed by atoms with E-state index in [0.717, 1.165) is 0 Å². The van der Waals surface area contributed by atoms with Gasteiger partial charge < -0.3 is 10.8 Å². The van der Waals surface area contributed by atoms with Gasteiger partial charge in [0.25, 0.3) is 0 Å². The summed E-state index contributed by atoms with van der Waals surface area (Å²) in [5.74, 6) is -1.30. The smallest absolute Gasteiger partial charge is 0.321 e. The van der Waals surface area contributed by atoms with Crippen LogP contribution in [0.3, 0.4) is 0 Å². The largest absolute Gasteiger partial charge is 0.480 e. The molecule has 3 N–H and O–H groups in total. The average molecular weight is 234 g/mol. The van der Waals surface area contributed by atoms with Gasteiger partial charge in [0.05, 0.1) is 0 Å². The summed E-state index contributed by atoms with van der Waals surface area (Å²) in [6.07, 6.45) is 0. The normalized spacial score (nSPS) is 12.3. The summed E-state index contributed by atoms with van der Waals surface area (Å²) in [6, 6.07) is -1.12. The first kappa shape index (κ1) is 12.0. The molecule has 0 unspecified atom stereocenters. The van der Waals surface area contributed by atoms with E-state index in [1.165, 1.54) is 0 Å². The van der Waals surface area contributed by atoms with E-state index in [0.29, 0.717) is 11.8 Å². The van der Waals surface area contributed by atoms with Crippen LogP contribution in [0.4, 0.5) is 4.39 Å². The van der Waals surface area contributed by atoms with E-state index in [-0.39, 0.29) is 5.75 Å². The molecule has 0 fully saturated rings. The summed E-state index contributed by atoms with van der Waals surface area (Å²) in [7, 11) is 0. The minimum Gasteiger partial charge on any atom is -0.480 e. The van der Waals surface area contributed by atoms with Crippen LogP contribution in [0, 0.1) is 0 Å². The predicted molar refractivity (Wildman–Crippen MR) is 47.9 cm³/mol. The third-order valence-corrected chi connectivity index (χ3v) is 2.39. The lowest BCUT2D eigenvalue weighted by Gasteiger charge is -2.03. The van der Waals surface area contributed by atoms with E-state index in [1.54, 1.807) is 0 Å². The molecule has 0 aliphatic carbocycles. The number of carbonyl (C=O) groups is 1. The van der Waals surface area contributed by atoms with Crippen molar-refractivity contribution in [3.8, 4) is 0 Å². The van der Waals surface area contributed by atoms with Crippen molar-refractivity contribution >= 4 is 40.9 Å². The molecule has 0 rings (SSSR count). The molecule has 12 heavy (non-hydrogen) atoms. The van der Waals surface area contributed by atoms with Gasteiger partial charge in [0.2, 0.25) is 0 Å². The first-order chi connectivity index (χ1) is 5.45. The summed E-state index contributed by atoms with van der Waals surface area (Å²) in [5, 5.41) is 7.47. The summed E-state index contributed by atoms with van der Waals surface area (Å²) in [5.41, 5.74) is 5.07. The Kier molecular flexibility index (Phi) is 5.65. The topological polar surface area (TPSA) is 63.3 Å². The fraction of sp³-hybridized carbons (Fsp3) is 0.400. The highest BCUT2D eigenvalue weighted by Crippen LogP contribution is 2.26. The Bertz CT molecular complexity index is 208. The minimum absolute atomic E-state index is 0.107. The molecule has 0 bridgehead atoms. The van der Waals surface area contributed by atoms with Crippen molar-refractivity contribution in [3.05, 3.63) is 9.65 Å². The van der Waals surface area contributed by atoms with Gasteiger partial charge in [0.15, 0.2) is 5.16 Å². The number of carboxylic acids is 1. The first-order valence-electron chi connectivity index (χ1n) is 2.77. The van der Waals surface area contributed by atoms with Crippen LogP contribution in [0.2, 0.25) is 0 Å². The van der Waals surface area contributed by atoms with Crippen molar-refractivity contribution < 1.29 is 14.3 Å². The number of hydrogen-bond acceptors (Lipinski definition) is 3. The number of thioether (sulfide) groups is 1. The fourth-order valence-corrected chi connectivity index (χ4v) is 1.19. The average Bonchev–Trinajstić information content (AvgIpc) is 1.98. The van der Waals surface area contributed by atoms with Gasteiger partial charge in [-0.3, -0.25) is 4.79 Å². The van der Waals surface area contributed by atoms with Crippen molar-refractivity contribution in [2.45, 2.75) is 6.04 Å². The Morgan fingerprint density at radius 2 is 2.17 bits per heavy atom. The number of aliphatic carboxylic acids is 1. The zero-order valence-electron chi connectivity index (χ0n) is 5.76. The monoisotopic (exact) mass is 233 g/mol. The molecule has 0 aliphatic rings. The quantitative estimate of drug-likeness (QED) is 0.777. The zero-order valence-corrected chi connectivity index (χ0v) is 8.09. The molecule has 0 amide bonds. The Morgan fingerprint density at radius 3 is 2.50 bits per heavy atom. The van der Waals surface area contributed by atoms with Gasteiger partial charge in [-0.2, -0.15) is 4.39 Å². The maximum atomic E-state index is 12.5. The van der Waals surface area contributed by atoms with Crippen LogP contribution < -0.4 is 5.73 Å². The highest BCUT2D eigenvalue weighted by molar-refractivity contribution is 8.03. The molecule has 0 radical (unpaired) electrons. The zero-order chi connectivity index (χ0) is 9.72. The number of halogens is 3. The summed E-state index contributed by atoms with van der Waals surface area (Å²) in [4.78, 5) is 10.1. The van der Waals surface area contributed by atoms with Gasteiger partial charge in [-0.15, -0.1) is 0 Å². The summed E-state index contributed by atoms with van der Waals surface area (Å²) < 4.78 is 12.0. The molecule has 70 valence electrons. The van der Waals surface area contributed by atoms with Gasteiger partial charge in [0.1, 0.15) is 10.5 Å². The molecule has 7 heteroatoms. The molecule has 0 aromatic carbocycles. The van der Waals surface area contributed by atoms with E-state index in [2.05, 4.69) is 0 Å². The highest BCUT2D eigenvalue weighted by atomic mass is 35.5. The highest BCUT2D eigenvalue weighted by Gasteiger charge is 2.13. The number of carboxylic acid groups (broad SMARTS) is 1. The molecule has 0 saturated carbocycles. The molecule has 1 atom stereocenters. The van der Waals surface area contributed by atoms with Crippen LogP contribution in [-0.4, -0.2) is 22.9 Å². The van der Waals surface area contributed by atoms with E-state index in [4.69, 9.17) is 34.0 Å².